The predicted octanol–water partition coefficient (Wildman–Crippen LogP) is 6.17. The summed E-state index contributed by atoms with van der Waals surface area (Å²) in [6, 6.07) is 0. The van der Waals surface area contributed by atoms with Crippen LogP contribution in [-0.2, 0) is 28.6 Å². The molecule has 0 radical (unpaired) electrons. The highest BCUT2D eigenvalue weighted by Crippen LogP contribution is 2.10. The summed E-state index contributed by atoms with van der Waals surface area (Å²) in [7, 11) is 0. The maximum Gasteiger partial charge on any atom is 0.331 e. The summed E-state index contributed by atoms with van der Waals surface area (Å²) in [5.74, 6) is -1.63. The normalized spacial score (nSPS) is 11.9. The number of rotatable bonds is 19. The van der Waals surface area contributed by atoms with Crippen LogP contribution in [0, 0.1) is 0 Å². The van der Waals surface area contributed by atoms with Crippen molar-refractivity contribution in [2.75, 3.05) is 13.2 Å². The van der Waals surface area contributed by atoms with Crippen LogP contribution in [0.5, 0.6) is 0 Å². The molecule has 0 amide bonds. The summed E-state index contributed by atoms with van der Waals surface area (Å²) in [6.45, 7) is 4.39. The lowest BCUT2D eigenvalue weighted by Gasteiger charge is -2.16. The van der Waals surface area contributed by atoms with Crippen LogP contribution in [0.3, 0.4) is 0 Å². The van der Waals surface area contributed by atoms with Crippen molar-refractivity contribution >= 4 is 17.9 Å². The predicted molar refractivity (Wildman–Crippen MR) is 132 cm³/mol. The molecule has 6 heteroatoms. The fourth-order valence-electron chi connectivity index (χ4n) is 2.88. The second kappa shape index (κ2) is 22.6. The zero-order valence-electron chi connectivity index (χ0n) is 20.6. The lowest BCUT2D eigenvalue weighted by Crippen LogP contribution is -2.29. The van der Waals surface area contributed by atoms with Crippen molar-refractivity contribution in [3.63, 3.8) is 0 Å². The average molecular weight is 463 g/mol. The first-order valence-corrected chi connectivity index (χ1v) is 12.1. The summed E-state index contributed by atoms with van der Waals surface area (Å²) < 4.78 is 14.8. The van der Waals surface area contributed by atoms with Gasteiger partial charge in [-0.15, -0.1) is 0 Å². The molecule has 0 N–H and O–H groups in total. The molecule has 0 unspecified atom stereocenters. The molecule has 0 spiro atoms. The molecule has 0 bridgehead atoms. The molecular weight excluding hydrogens is 420 g/mol. The van der Waals surface area contributed by atoms with Gasteiger partial charge in [-0.1, -0.05) is 101 Å². The number of unbranched alkanes of at least 4 members (excludes halogenated alkanes) is 9. The minimum absolute atomic E-state index is 0.174. The van der Waals surface area contributed by atoms with Gasteiger partial charge in [0.15, 0.2) is 6.10 Å². The first-order valence-electron chi connectivity index (χ1n) is 12.1. The standard InChI is InChI=1S/C27H42O6/c1-4-5-6-7-8-9-10-11-12-13-14-15-16-17-18-19-20-21-27(30)33-26(22-31-24(2)28)23-32-25(3)29/h14-21,26H,4-13,22-23H2,1-3H3. The molecule has 0 aromatic rings. The van der Waals surface area contributed by atoms with Crippen LogP contribution in [0.25, 0.3) is 0 Å². The molecule has 6 nitrogen and oxygen atoms in total. The van der Waals surface area contributed by atoms with Gasteiger partial charge in [0.1, 0.15) is 13.2 Å². The smallest absolute Gasteiger partial charge is 0.331 e. The first-order chi connectivity index (χ1) is 16.0. The fourth-order valence-corrected chi connectivity index (χ4v) is 2.88. The molecule has 0 saturated heterocycles. The van der Waals surface area contributed by atoms with Crippen molar-refractivity contribution in [1.29, 1.82) is 0 Å². The van der Waals surface area contributed by atoms with E-state index >= 15 is 0 Å². The van der Waals surface area contributed by atoms with Crippen LogP contribution in [0.2, 0.25) is 0 Å². The number of esters is 3. The Bertz CT molecular complexity index is 627. The first kappa shape index (κ1) is 30.4. The van der Waals surface area contributed by atoms with Gasteiger partial charge in [0.2, 0.25) is 0 Å². The zero-order valence-corrected chi connectivity index (χ0v) is 20.6. The lowest BCUT2D eigenvalue weighted by atomic mass is 10.1. The molecule has 0 heterocycles. The Kier molecular flexibility index (Phi) is 20.8. The molecule has 0 aliphatic carbocycles. The summed E-state index contributed by atoms with van der Waals surface area (Å²) in [6.07, 6.45) is 26.6. The highest BCUT2D eigenvalue weighted by molar-refractivity contribution is 5.82. The van der Waals surface area contributed by atoms with Crippen molar-refractivity contribution in [1.82, 2.24) is 0 Å². The quantitative estimate of drug-likeness (QED) is 0.0751. The van der Waals surface area contributed by atoms with Gasteiger partial charge in [0.05, 0.1) is 0 Å². The van der Waals surface area contributed by atoms with Gasteiger partial charge < -0.3 is 14.2 Å². The molecule has 0 saturated carbocycles. The van der Waals surface area contributed by atoms with Crippen LogP contribution < -0.4 is 0 Å². The minimum Gasteiger partial charge on any atom is -0.462 e. The Hall–Kier alpha value is -2.63. The van der Waals surface area contributed by atoms with E-state index in [0.717, 1.165) is 6.42 Å². The second-order valence-electron chi connectivity index (χ2n) is 7.84. The third-order valence-corrected chi connectivity index (χ3v) is 4.63. The lowest BCUT2D eigenvalue weighted by molar-refractivity contribution is -0.162. The Morgan fingerprint density at radius 2 is 1.15 bits per heavy atom. The molecular formula is C27H42O6. The maximum absolute atomic E-state index is 11.9. The van der Waals surface area contributed by atoms with Crippen molar-refractivity contribution in [3.05, 3.63) is 48.6 Å². The Morgan fingerprint density at radius 3 is 1.70 bits per heavy atom. The number of ether oxygens (including phenoxy) is 3. The topological polar surface area (TPSA) is 78.9 Å². The number of carbonyl (C=O) groups excluding carboxylic acids is 3. The maximum atomic E-state index is 11.9. The molecule has 186 valence electrons. The highest BCUT2D eigenvalue weighted by atomic mass is 16.6. The van der Waals surface area contributed by atoms with Gasteiger partial charge in [-0.3, -0.25) is 9.59 Å². The number of allylic oxidation sites excluding steroid dienone is 7. The molecule has 0 aliphatic rings. The largest absolute Gasteiger partial charge is 0.462 e. The van der Waals surface area contributed by atoms with Crippen molar-refractivity contribution in [2.24, 2.45) is 0 Å². The molecule has 0 aliphatic heterocycles. The van der Waals surface area contributed by atoms with E-state index < -0.39 is 24.0 Å². The molecule has 0 atom stereocenters. The van der Waals surface area contributed by atoms with E-state index in [2.05, 4.69) is 13.0 Å². The van der Waals surface area contributed by atoms with Crippen LogP contribution in [0.1, 0.15) is 85.0 Å². The Morgan fingerprint density at radius 1 is 0.667 bits per heavy atom. The van der Waals surface area contributed by atoms with Crippen LogP contribution in [-0.4, -0.2) is 37.2 Å². The average Bonchev–Trinajstić information content (AvgIpc) is 2.77. The molecule has 33 heavy (non-hydrogen) atoms. The number of hydrogen-bond acceptors (Lipinski definition) is 6. The number of carbonyl (C=O) groups is 3. The third kappa shape index (κ3) is 23.9. The number of hydrogen-bond donors (Lipinski definition) is 0. The van der Waals surface area contributed by atoms with Crippen molar-refractivity contribution in [3.8, 4) is 0 Å². The Balaban J connectivity index is 3.96. The highest BCUT2D eigenvalue weighted by Gasteiger charge is 2.16. The van der Waals surface area contributed by atoms with Gasteiger partial charge in [0.25, 0.3) is 0 Å². The van der Waals surface area contributed by atoms with Crippen molar-refractivity contribution < 1.29 is 28.6 Å². The van der Waals surface area contributed by atoms with Gasteiger partial charge in [-0.25, -0.2) is 4.79 Å². The third-order valence-electron chi connectivity index (χ3n) is 4.63. The van der Waals surface area contributed by atoms with E-state index in [1.165, 1.54) is 77.7 Å². The summed E-state index contributed by atoms with van der Waals surface area (Å²) >= 11 is 0. The van der Waals surface area contributed by atoms with E-state index in [0.29, 0.717) is 0 Å². The van der Waals surface area contributed by atoms with E-state index in [1.54, 1.807) is 12.2 Å². The molecule has 0 fully saturated rings. The molecule has 0 aromatic heterocycles. The van der Waals surface area contributed by atoms with E-state index in [4.69, 9.17) is 14.2 Å². The van der Waals surface area contributed by atoms with Crippen LogP contribution in [0.4, 0.5) is 0 Å². The summed E-state index contributed by atoms with van der Waals surface area (Å²) in [5, 5.41) is 0. The van der Waals surface area contributed by atoms with Crippen LogP contribution in [0.15, 0.2) is 48.6 Å². The van der Waals surface area contributed by atoms with Crippen LogP contribution >= 0.6 is 0 Å². The van der Waals surface area contributed by atoms with Crippen molar-refractivity contribution in [2.45, 2.75) is 91.1 Å². The summed E-state index contributed by atoms with van der Waals surface area (Å²) in [5.41, 5.74) is 0. The van der Waals surface area contributed by atoms with Gasteiger partial charge in [0, 0.05) is 19.9 Å². The fraction of sp³-hybridized carbons (Fsp3) is 0.593. The minimum atomic E-state index is -0.852. The van der Waals surface area contributed by atoms with Gasteiger partial charge in [-0.05, 0) is 12.8 Å². The van der Waals surface area contributed by atoms with E-state index in [1.807, 2.05) is 24.3 Å². The zero-order chi connectivity index (χ0) is 24.6. The summed E-state index contributed by atoms with van der Waals surface area (Å²) in [4.78, 5) is 33.7. The molecule has 0 rings (SSSR count). The monoisotopic (exact) mass is 462 g/mol. The second-order valence-corrected chi connectivity index (χ2v) is 7.84. The SMILES string of the molecule is CCCCCCCCCCCC=CC=CC=CC=CC(=O)OC(COC(C)=O)COC(C)=O. The van der Waals surface area contributed by atoms with E-state index in [-0.39, 0.29) is 13.2 Å². The van der Waals surface area contributed by atoms with Gasteiger partial charge in [-0.2, -0.15) is 0 Å². The van der Waals surface area contributed by atoms with Gasteiger partial charge >= 0.3 is 17.9 Å². The van der Waals surface area contributed by atoms with E-state index in [9.17, 15) is 14.4 Å². The molecule has 0 aromatic carbocycles. The Labute approximate surface area is 199 Å².